The highest BCUT2D eigenvalue weighted by Crippen LogP contribution is 2.51. The quantitative estimate of drug-likeness (QED) is 0.518. The molecule has 0 amide bonds. The Balaban J connectivity index is 2.03. The van der Waals surface area contributed by atoms with Gasteiger partial charge in [0.15, 0.2) is 5.78 Å². The van der Waals surface area contributed by atoms with Crippen LogP contribution in [0.2, 0.25) is 0 Å². The minimum absolute atomic E-state index is 0.365. The SMILES string of the molecule is C=C1C(=O)C2CC3CC(CC1C3)C2. The van der Waals surface area contributed by atoms with Crippen molar-refractivity contribution in [2.45, 2.75) is 32.1 Å². The molecule has 0 radical (unpaired) electrons. The Bertz CT molecular complexity index is 239. The molecule has 4 rings (SSSR count). The lowest BCUT2D eigenvalue weighted by Gasteiger charge is -2.37. The second-order valence-corrected chi connectivity index (χ2v) is 5.19. The highest BCUT2D eigenvalue weighted by atomic mass is 16.1. The third-order valence-electron chi connectivity index (χ3n) is 4.32. The molecule has 4 bridgehead atoms. The fourth-order valence-electron chi connectivity index (χ4n) is 3.81. The van der Waals surface area contributed by atoms with Crippen LogP contribution in [0.25, 0.3) is 0 Å². The van der Waals surface area contributed by atoms with Crippen LogP contribution in [0.15, 0.2) is 12.2 Å². The van der Waals surface area contributed by atoms with Crippen LogP contribution in [0.5, 0.6) is 0 Å². The van der Waals surface area contributed by atoms with Crippen molar-refractivity contribution in [2.24, 2.45) is 23.7 Å². The molecule has 4 saturated carbocycles. The van der Waals surface area contributed by atoms with Crippen LogP contribution >= 0.6 is 0 Å². The summed E-state index contributed by atoms with van der Waals surface area (Å²) in [5.41, 5.74) is 0.967. The lowest BCUT2D eigenvalue weighted by molar-refractivity contribution is -0.120. The first-order valence-corrected chi connectivity index (χ1v) is 5.47. The van der Waals surface area contributed by atoms with Crippen LogP contribution in [0, 0.1) is 23.7 Å². The van der Waals surface area contributed by atoms with Crippen molar-refractivity contribution < 1.29 is 4.79 Å². The van der Waals surface area contributed by atoms with E-state index in [0.717, 1.165) is 17.4 Å². The molecular formula is C12H16O. The topological polar surface area (TPSA) is 17.1 Å². The van der Waals surface area contributed by atoms with Crippen molar-refractivity contribution in [3.8, 4) is 0 Å². The van der Waals surface area contributed by atoms with Gasteiger partial charge >= 0.3 is 0 Å². The van der Waals surface area contributed by atoms with Gasteiger partial charge in [0.1, 0.15) is 0 Å². The maximum atomic E-state index is 11.9. The van der Waals surface area contributed by atoms with Gasteiger partial charge in [0.2, 0.25) is 0 Å². The molecule has 0 spiro atoms. The second kappa shape index (κ2) is 2.46. The van der Waals surface area contributed by atoms with Gasteiger partial charge in [-0.1, -0.05) is 6.58 Å². The fraction of sp³-hybridized carbons (Fsp3) is 0.750. The van der Waals surface area contributed by atoms with E-state index in [2.05, 4.69) is 6.58 Å². The second-order valence-electron chi connectivity index (χ2n) is 5.19. The molecule has 0 aromatic carbocycles. The van der Waals surface area contributed by atoms with Crippen LogP contribution in [0.1, 0.15) is 32.1 Å². The van der Waals surface area contributed by atoms with Crippen molar-refractivity contribution in [3.05, 3.63) is 12.2 Å². The molecule has 2 unspecified atom stereocenters. The zero-order valence-corrected chi connectivity index (χ0v) is 7.96. The average molecular weight is 176 g/mol. The van der Waals surface area contributed by atoms with Crippen LogP contribution in [0.4, 0.5) is 0 Å². The minimum atomic E-state index is 0.365. The Morgan fingerprint density at radius 3 is 2.08 bits per heavy atom. The summed E-state index contributed by atoms with van der Waals surface area (Å²) in [7, 11) is 0. The molecule has 2 atom stereocenters. The van der Waals surface area contributed by atoms with Gasteiger partial charge in [0.05, 0.1) is 0 Å². The van der Waals surface area contributed by atoms with Crippen molar-refractivity contribution in [1.29, 1.82) is 0 Å². The number of hydrogen-bond donors (Lipinski definition) is 0. The zero-order chi connectivity index (χ0) is 9.00. The molecular weight excluding hydrogens is 160 g/mol. The number of Topliss-reactive ketones (excluding diaryl/α,β-unsaturated/α-hetero) is 1. The maximum Gasteiger partial charge on any atom is 0.161 e. The molecule has 13 heavy (non-hydrogen) atoms. The first kappa shape index (κ1) is 7.78. The highest BCUT2D eigenvalue weighted by Gasteiger charge is 2.44. The van der Waals surface area contributed by atoms with Gasteiger partial charge in [-0.2, -0.15) is 0 Å². The number of fused-ring (bicyclic) bond motifs is 1. The molecule has 4 fully saturated rings. The van der Waals surface area contributed by atoms with E-state index in [-0.39, 0.29) is 0 Å². The van der Waals surface area contributed by atoms with Gasteiger partial charge in [-0.05, 0) is 55.4 Å². The largest absolute Gasteiger partial charge is 0.294 e. The van der Waals surface area contributed by atoms with Crippen molar-refractivity contribution >= 4 is 5.78 Å². The van der Waals surface area contributed by atoms with Gasteiger partial charge in [-0.3, -0.25) is 4.79 Å². The van der Waals surface area contributed by atoms with E-state index in [9.17, 15) is 4.79 Å². The third-order valence-corrected chi connectivity index (χ3v) is 4.32. The summed E-state index contributed by atoms with van der Waals surface area (Å²) in [4.78, 5) is 11.9. The molecule has 1 nitrogen and oxygen atoms in total. The summed E-state index contributed by atoms with van der Waals surface area (Å²) in [6, 6.07) is 0. The number of rotatable bonds is 0. The Hall–Kier alpha value is -0.590. The van der Waals surface area contributed by atoms with Crippen molar-refractivity contribution in [2.75, 3.05) is 0 Å². The predicted molar refractivity (Wildman–Crippen MR) is 51.2 cm³/mol. The summed E-state index contributed by atoms with van der Waals surface area (Å²) in [6.45, 7) is 4.00. The number of hydrogen-bond acceptors (Lipinski definition) is 1. The molecule has 1 heteroatoms. The van der Waals surface area contributed by atoms with Gasteiger partial charge < -0.3 is 0 Å². The number of allylic oxidation sites excluding steroid dienone is 1. The van der Waals surface area contributed by atoms with E-state index < -0.39 is 0 Å². The van der Waals surface area contributed by atoms with Gasteiger partial charge in [0, 0.05) is 5.92 Å². The van der Waals surface area contributed by atoms with E-state index >= 15 is 0 Å². The monoisotopic (exact) mass is 176 g/mol. The summed E-state index contributed by atoms with van der Waals surface area (Å²) in [5.74, 6) is 3.04. The first-order chi connectivity index (χ1) is 6.24. The van der Waals surface area contributed by atoms with Crippen LogP contribution in [-0.2, 0) is 4.79 Å². The Morgan fingerprint density at radius 1 is 0.923 bits per heavy atom. The predicted octanol–water partition coefficient (Wildman–Crippen LogP) is 2.57. The third kappa shape index (κ3) is 1.02. The van der Waals surface area contributed by atoms with E-state index in [0.29, 0.717) is 17.6 Å². The van der Waals surface area contributed by atoms with Gasteiger partial charge in [-0.25, -0.2) is 0 Å². The minimum Gasteiger partial charge on any atom is -0.294 e. The van der Waals surface area contributed by atoms with Crippen LogP contribution in [-0.4, -0.2) is 5.78 Å². The van der Waals surface area contributed by atoms with Crippen LogP contribution < -0.4 is 0 Å². The molecule has 0 aliphatic heterocycles. The molecule has 70 valence electrons. The van der Waals surface area contributed by atoms with Gasteiger partial charge in [-0.15, -0.1) is 0 Å². The van der Waals surface area contributed by atoms with Crippen LogP contribution in [0.3, 0.4) is 0 Å². The number of carbonyl (C=O) groups excluding carboxylic acids is 1. The number of ketones is 1. The molecule has 0 aromatic rings. The Labute approximate surface area is 79.2 Å². The van der Waals surface area contributed by atoms with E-state index in [1.807, 2.05) is 0 Å². The smallest absolute Gasteiger partial charge is 0.161 e. The van der Waals surface area contributed by atoms with E-state index in [1.54, 1.807) is 0 Å². The lowest BCUT2D eigenvalue weighted by Crippen LogP contribution is -2.27. The zero-order valence-electron chi connectivity index (χ0n) is 7.96. The van der Waals surface area contributed by atoms with Gasteiger partial charge in [0.25, 0.3) is 0 Å². The van der Waals surface area contributed by atoms with Crippen molar-refractivity contribution in [3.63, 3.8) is 0 Å². The highest BCUT2D eigenvalue weighted by molar-refractivity contribution is 5.97. The fourth-order valence-corrected chi connectivity index (χ4v) is 3.81. The Kier molecular flexibility index (Phi) is 1.47. The molecule has 0 heterocycles. The van der Waals surface area contributed by atoms with Crippen molar-refractivity contribution in [1.82, 2.24) is 0 Å². The molecule has 0 aromatic heterocycles. The standard InChI is InChI=1S/C12H16O/c1-7-10-3-8-2-9(4-10)6-11(5-8)12(7)13/h8-11H,1-6H2. The summed E-state index contributed by atoms with van der Waals surface area (Å²) in [6.07, 6.45) is 6.26. The normalized spacial score (nSPS) is 48.3. The summed E-state index contributed by atoms with van der Waals surface area (Å²) >= 11 is 0. The molecule has 0 N–H and O–H groups in total. The molecule has 4 aliphatic carbocycles. The number of carbonyl (C=O) groups is 1. The van der Waals surface area contributed by atoms with E-state index in [1.165, 1.54) is 32.1 Å². The summed E-state index contributed by atoms with van der Waals surface area (Å²) in [5, 5.41) is 0. The average Bonchev–Trinajstić information content (AvgIpc) is 2.23. The summed E-state index contributed by atoms with van der Waals surface area (Å²) < 4.78 is 0. The van der Waals surface area contributed by atoms with E-state index in [4.69, 9.17) is 0 Å². The lowest BCUT2D eigenvalue weighted by atomic mass is 9.67. The first-order valence-electron chi connectivity index (χ1n) is 5.47. The maximum absolute atomic E-state index is 11.9. The molecule has 0 saturated heterocycles. The Morgan fingerprint density at radius 2 is 1.46 bits per heavy atom. The molecule has 4 aliphatic rings.